The van der Waals surface area contributed by atoms with Crippen LogP contribution in [0, 0.1) is 5.95 Å². The highest BCUT2D eigenvalue weighted by molar-refractivity contribution is 7.94. The van der Waals surface area contributed by atoms with Gasteiger partial charge in [0.05, 0.1) is 19.0 Å². The van der Waals surface area contributed by atoms with Crippen molar-refractivity contribution in [1.82, 2.24) is 4.98 Å². The van der Waals surface area contributed by atoms with Crippen LogP contribution in [0.3, 0.4) is 0 Å². The highest BCUT2D eigenvalue weighted by Crippen LogP contribution is 2.11. The predicted octanol–water partition coefficient (Wildman–Crippen LogP) is 0.524. The molecule has 1 unspecified atom stereocenters. The van der Waals surface area contributed by atoms with Crippen LogP contribution < -0.4 is 4.72 Å². The van der Waals surface area contributed by atoms with Crippen LogP contribution in [0.2, 0.25) is 0 Å². The van der Waals surface area contributed by atoms with Gasteiger partial charge >= 0.3 is 5.97 Å². The number of nitrogens with zero attached hydrogens (tertiary/aromatic N) is 1. The average Bonchev–Trinajstić information content (AvgIpc) is 2.30. The molecule has 0 aliphatic carbocycles. The monoisotopic (exact) mass is 262 g/mol. The Hall–Kier alpha value is -1.70. The molecule has 0 saturated carbocycles. The minimum Gasteiger partial charge on any atom is -0.468 e. The quantitative estimate of drug-likeness (QED) is 0.631. The van der Waals surface area contributed by atoms with Gasteiger partial charge in [-0.2, -0.15) is 4.39 Å². The number of ether oxygens (including phenoxy) is 1. The lowest BCUT2D eigenvalue weighted by molar-refractivity contribution is -0.139. The van der Waals surface area contributed by atoms with Gasteiger partial charge in [0, 0.05) is 0 Å². The van der Waals surface area contributed by atoms with Gasteiger partial charge in [-0.1, -0.05) is 0 Å². The summed E-state index contributed by atoms with van der Waals surface area (Å²) in [6.45, 7) is 1.19. The number of sulfonamides is 1. The zero-order valence-corrected chi connectivity index (χ0v) is 9.99. The number of carbonyl (C=O) groups excluding carboxylic acids is 1. The van der Waals surface area contributed by atoms with Crippen molar-refractivity contribution in [1.29, 1.82) is 0 Å². The molecule has 6 nitrogen and oxygen atoms in total. The second kappa shape index (κ2) is 5.09. The molecule has 1 aromatic rings. The number of pyridine rings is 1. The van der Waals surface area contributed by atoms with E-state index in [0.29, 0.717) is 0 Å². The number of carbonyl (C=O) groups is 1. The molecule has 0 aromatic carbocycles. The Balaban J connectivity index is 2.86. The highest BCUT2D eigenvalue weighted by Gasteiger charge is 2.28. The molecule has 0 spiro atoms. The molecule has 0 aliphatic heterocycles. The smallest absolute Gasteiger partial charge is 0.325 e. The van der Waals surface area contributed by atoms with Crippen molar-refractivity contribution in [2.24, 2.45) is 0 Å². The zero-order chi connectivity index (χ0) is 13.1. The summed E-state index contributed by atoms with van der Waals surface area (Å²) in [5.74, 6) is -1.61. The van der Waals surface area contributed by atoms with E-state index in [-0.39, 0.29) is 5.69 Å². The first-order valence-electron chi connectivity index (χ1n) is 4.58. The average molecular weight is 262 g/mol. The largest absolute Gasteiger partial charge is 0.468 e. The first-order chi connectivity index (χ1) is 7.86. The maximum absolute atomic E-state index is 12.5. The second-order valence-corrected chi connectivity index (χ2v) is 5.18. The molecule has 1 N–H and O–H groups in total. The molecule has 1 heterocycles. The van der Waals surface area contributed by atoms with Crippen LogP contribution in [0.4, 0.5) is 10.1 Å². The van der Waals surface area contributed by atoms with Crippen molar-refractivity contribution in [3.05, 3.63) is 24.3 Å². The van der Waals surface area contributed by atoms with E-state index in [1.54, 1.807) is 0 Å². The van der Waals surface area contributed by atoms with Gasteiger partial charge in [0.2, 0.25) is 16.0 Å². The standard InChI is InChI=1S/C9H11FN2O4S/c1-6(9(13)16-2)17(14,15)12-7-3-4-8(10)11-5-7/h3-6,12H,1-2H3. The van der Waals surface area contributed by atoms with E-state index in [4.69, 9.17) is 0 Å². The molecule has 1 aromatic heterocycles. The SMILES string of the molecule is COC(=O)C(C)S(=O)(=O)Nc1ccc(F)nc1. The maximum Gasteiger partial charge on any atom is 0.325 e. The van der Waals surface area contributed by atoms with Gasteiger partial charge in [-0.25, -0.2) is 13.4 Å². The Labute approximate surface area is 97.9 Å². The molecular formula is C9H11FN2O4S. The van der Waals surface area contributed by atoms with Crippen LogP contribution in [0.15, 0.2) is 18.3 Å². The lowest BCUT2D eigenvalue weighted by Crippen LogP contribution is -2.33. The minimum atomic E-state index is -3.92. The summed E-state index contributed by atoms with van der Waals surface area (Å²) in [5.41, 5.74) is 0.0714. The molecule has 0 radical (unpaired) electrons. The van der Waals surface area contributed by atoms with Crippen molar-refractivity contribution >= 4 is 21.7 Å². The molecular weight excluding hydrogens is 251 g/mol. The van der Waals surface area contributed by atoms with Gasteiger partial charge in [0.1, 0.15) is 0 Å². The summed E-state index contributed by atoms with van der Waals surface area (Å²) in [7, 11) is -2.83. The van der Waals surface area contributed by atoms with Crippen molar-refractivity contribution in [3.63, 3.8) is 0 Å². The Morgan fingerprint density at radius 1 is 1.53 bits per heavy atom. The van der Waals surface area contributed by atoms with Gasteiger partial charge < -0.3 is 4.74 Å². The third-order valence-electron chi connectivity index (χ3n) is 1.99. The molecule has 1 atom stereocenters. The Morgan fingerprint density at radius 2 is 2.18 bits per heavy atom. The van der Waals surface area contributed by atoms with E-state index >= 15 is 0 Å². The van der Waals surface area contributed by atoms with E-state index in [9.17, 15) is 17.6 Å². The topological polar surface area (TPSA) is 85.4 Å². The molecule has 0 amide bonds. The molecule has 1 rings (SSSR count). The summed E-state index contributed by atoms with van der Waals surface area (Å²) in [4.78, 5) is 14.4. The number of methoxy groups -OCH3 is 1. The molecule has 0 aliphatic rings. The number of anilines is 1. The fourth-order valence-corrected chi connectivity index (χ4v) is 1.96. The lowest BCUT2D eigenvalue weighted by Gasteiger charge is -2.12. The summed E-state index contributed by atoms with van der Waals surface area (Å²) < 4.78 is 42.2. The van der Waals surface area contributed by atoms with Crippen LogP contribution in [0.5, 0.6) is 0 Å². The molecule has 0 saturated heterocycles. The van der Waals surface area contributed by atoms with Crippen molar-refractivity contribution in [2.75, 3.05) is 11.8 Å². The van der Waals surface area contributed by atoms with Crippen LogP contribution in [-0.2, 0) is 19.6 Å². The van der Waals surface area contributed by atoms with E-state index < -0.39 is 27.2 Å². The van der Waals surface area contributed by atoms with Crippen molar-refractivity contribution in [2.45, 2.75) is 12.2 Å². The van der Waals surface area contributed by atoms with E-state index in [1.807, 2.05) is 0 Å². The molecule has 0 bridgehead atoms. The number of hydrogen-bond acceptors (Lipinski definition) is 5. The summed E-state index contributed by atoms with van der Waals surface area (Å²) in [6.07, 6.45) is 1.01. The van der Waals surface area contributed by atoms with E-state index in [1.165, 1.54) is 13.0 Å². The number of halogens is 1. The van der Waals surface area contributed by atoms with Crippen LogP contribution in [0.25, 0.3) is 0 Å². The fourth-order valence-electron chi connectivity index (χ4n) is 0.981. The molecule has 0 fully saturated rings. The summed E-state index contributed by atoms with van der Waals surface area (Å²) >= 11 is 0. The van der Waals surface area contributed by atoms with Gasteiger partial charge in [-0.3, -0.25) is 9.52 Å². The first-order valence-corrected chi connectivity index (χ1v) is 6.12. The predicted molar refractivity (Wildman–Crippen MR) is 58.2 cm³/mol. The number of rotatable bonds is 4. The normalized spacial score (nSPS) is 12.9. The molecule has 17 heavy (non-hydrogen) atoms. The molecule has 94 valence electrons. The van der Waals surface area contributed by atoms with Gasteiger partial charge in [-0.05, 0) is 19.1 Å². The Kier molecular flexibility index (Phi) is 4.00. The first kappa shape index (κ1) is 13.4. The molecule has 8 heteroatoms. The number of aromatic nitrogens is 1. The van der Waals surface area contributed by atoms with Gasteiger partial charge in [-0.15, -0.1) is 0 Å². The third kappa shape index (κ3) is 3.38. The zero-order valence-electron chi connectivity index (χ0n) is 9.18. The van der Waals surface area contributed by atoms with Gasteiger partial charge in [0.15, 0.2) is 5.25 Å². The summed E-state index contributed by atoms with van der Waals surface area (Å²) in [5, 5.41) is -1.36. The van der Waals surface area contributed by atoms with Crippen LogP contribution in [-0.4, -0.2) is 31.7 Å². The number of hydrogen-bond donors (Lipinski definition) is 1. The van der Waals surface area contributed by atoms with E-state index in [0.717, 1.165) is 19.4 Å². The van der Waals surface area contributed by atoms with Crippen LogP contribution in [0.1, 0.15) is 6.92 Å². The van der Waals surface area contributed by atoms with Crippen molar-refractivity contribution in [3.8, 4) is 0 Å². The summed E-state index contributed by atoms with van der Waals surface area (Å²) in [6, 6.07) is 2.20. The second-order valence-electron chi connectivity index (χ2n) is 3.18. The Bertz CT molecular complexity index is 500. The fraction of sp³-hybridized carbons (Fsp3) is 0.333. The highest BCUT2D eigenvalue weighted by atomic mass is 32.2. The third-order valence-corrected chi connectivity index (χ3v) is 3.63. The number of nitrogens with one attached hydrogen (secondary N) is 1. The van der Waals surface area contributed by atoms with Crippen LogP contribution >= 0.6 is 0 Å². The van der Waals surface area contributed by atoms with E-state index in [2.05, 4.69) is 14.4 Å². The number of esters is 1. The maximum atomic E-state index is 12.5. The lowest BCUT2D eigenvalue weighted by atomic mass is 10.4. The van der Waals surface area contributed by atoms with Crippen molar-refractivity contribution < 1.29 is 22.3 Å². The Morgan fingerprint density at radius 3 is 2.65 bits per heavy atom. The minimum absolute atomic E-state index is 0.0714. The van der Waals surface area contributed by atoms with Gasteiger partial charge in [0.25, 0.3) is 0 Å².